The maximum atomic E-state index is 12.5. The summed E-state index contributed by atoms with van der Waals surface area (Å²) in [6.07, 6.45) is -3.88. The molecule has 0 radical (unpaired) electrons. The second-order valence-electron chi connectivity index (χ2n) is 4.54. The Labute approximate surface area is 144 Å². The highest BCUT2D eigenvalue weighted by Gasteiger charge is 2.29. The molecule has 0 N–H and O–H groups in total. The van der Waals surface area contributed by atoms with Crippen LogP contribution in [0.5, 0.6) is 0 Å². The topological polar surface area (TPSA) is 0 Å². The van der Waals surface area contributed by atoms with Crippen LogP contribution in [0.25, 0.3) is 0 Å². The fraction of sp³-hybridized carbons (Fsp3) is 0.200. The zero-order valence-electron chi connectivity index (χ0n) is 10.6. The molecular weight excluding hydrogens is 435 g/mol. The molecule has 2 aromatic carbocycles. The molecule has 0 spiro atoms. The normalized spacial score (nSPS) is 13.2. The predicted octanol–water partition coefficient (Wildman–Crippen LogP) is 6.49. The van der Waals surface area contributed by atoms with Crippen LogP contribution in [0, 0.1) is 3.57 Å². The van der Waals surface area contributed by atoms with Crippen molar-refractivity contribution in [3.63, 3.8) is 0 Å². The summed E-state index contributed by atoms with van der Waals surface area (Å²) in [6.45, 7) is 0. The van der Waals surface area contributed by atoms with Crippen LogP contribution in [0.1, 0.15) is 22.1 Å². The van der Waals surface area contributed by atoms with Crippen LogP contribution in [-0.2, 0) is 12.6 Å². The number of rotatable bonds is 3. The first-order valence-electron chi connectivity index (χ1n) is 6.02. The van der Waals surface area contributed by atoms with Crippen molar-refractivity contribution in [3.8, 4) is 0 Å². The SMILES string of the molecule is FC(F)(F)c1ccc(CC(Cl)c2ccc(I)c(Cl)c2)cc1. The number of hydrogen-bond donors (Lipinski definition) is 0. The minimum Gasteiger partial charge on any atom is -0.166 e. The van der Waals surface area contributed by atoms with Crippen LogP contribution < -0.4 is 0 Å². The highest BCUT2D eigenvalue weighted by atomic mass is 127. The highest BCUT2D eigenvalue weighted by Crippen LogP contribution is 2.32. The first kappa shape index (κ1) is 16.9. The molecule has 0 saturated heterocycles. The van der Waals surface area contributed by atoms with E-state index in [2.05, 4.69) is 22.6 Å². The van der Waals surface area contributed by atoms with Gasteiger partial charge in [0.25, 0.3) is 0 Å². The van der Waals surface area contributed by atoms with Gasteiger partial charge in [-0.05, 0) is 64.4 Å². The smallest absolute Gasteiger partial charge is 0.166 e. The number of benzene rings is 2. The van der Waals surface area contributed by atoms with Gasteiger partial charge in [-0.2, -0.15) is 13.2 Å². The fourth-order valence-corrected chi connectivity index (χ4v) is 2.70. The summed E-state index contributed by atoms with van der Waals surface area (Å²) >= 11 is 14.5. The number of alkyl halides is 4. The largest absolute Gasteiger partial charge is 0.416 e. The molecule has 0 aliphatic rings. The van der Waals surface area contributed by atoms with Crippen molar-refractivity contribution in [3.05, 3.63) is 67.7 Å². The van der Waals surface area contributed by atoms with E-state index in [1.165, 1.54) is 12.1 Å². The molecule has 21 heavy (non-hydrogen) atoms. The van der Waals surface area contributed by atoms with E-state index in [1.807, 2.05) is 12.1 Å². The Morgan fingerprint density at radius 1 is 1.05 bits per heavy atom. The lowest BCUT2D eigenvalue weighted by Crippen LogP contribution is -2.05. The summed E-state index contributed by atoms with van der Waals surface area (Å²) in [5.41, 5.74) is 0.939. The van der Waals surface area contributed by atoms with Crippen molar-refractivity contribution in [2.45, 2.75) is 18.0 Å². The molecule has 6 heteroatoms. The molecule has 1 unspecified atom stereocenters. The van der Waals surface area contributed by atoms with Crippen LogP contribution in [0.3, 0.4) is 0 Å². The van der Waals surface area contributed by atoms with E-state index in [0.29, 0.717) is 11.4 Å². The fourth-order valence-electron chi connectivity index (χ4n) is 1.86. The number of halogens is 6. The van der Waals surface area contributed by atoms with Gasteiger partial charge in [-0.3, -0.25) is 0 Å². The van der Waals surface area contributed by atoms with E-state index in [0.717, 1.165) is 26.8 Å². The zero-order chi connectivity index (χ0) is 15.6. The van der Waals surface area contributed by atoms with E-state index in [-0.39, 0.29) is 5.38 Å². The summed E-state index contributed by atoms with van der Waals surface area (Å²) in [6, 6.07) is 10.6. The molecule has 2 aromatic rings. The van der Waals surface area contributed by atoms with E-state index >= 15 is 0 Å². The van der Waals surface area contributed by atoms with Gasteiger partial charge in [-0.15, -0.1) is 11.6 Å². The molecule has 0 aromatic heterocycles. The average molecular weight is 445 g/mol. The molecule has 1 atom stereocenters. The zero-order valence-corrected chi connectivity index (χ0v) is 14.3. The molecule has 0 bridgehead atoms. The Kier molecular flexibility index (Phi) is 5.43. The Morgan fingerprint density at radius 3 is 2.19 bits per heavy atom. The third kappa shape index (κ3) is 4.50. The summed E-state index contributed by atoms with van der Waals surface area (Å²) in [4.78, 5) is 0. The van der Waals surface area contributed by atoms with Crippen LogP contribution in [0.15, 0.2) is 42.5 Å². The van der Waals surface area contributed by atoms with Crippen LogP contribution in [0.4, 0.5) is 13.2 Å². The van der Waals surface area contributed by atoms with Crippen molar-refractivity contribution in [1.82, 2.24) is 0 Å². The Morgan fingerprint density at radius 2 is 1.67 bits per heavy atom. The van der Waals surface area contributed by atoms with Gasteiger partial charge in [-0.25, -0.2) is 0 Å². The van der Waals surface area contributed by atoms with Crippen LogP contribution >= 0.6 is 45.8 Å². The van der Waals surface area contributed by atoms with E-state index in [4.69, 9.17) is 23.2 Å². The molecule has 0 fully saturated rings. The monoisotopic (exact) mass is 444 g/mol. The van der Waals surface area contributed by atoms with E-state index in [9.17, 15) is 13.2 Å². The van der Waals surface area contributed by atoms with Gasteiger partial charge in [0.05, 0.1) is 16.0 Å². The second-order valence-corrected chi connectivity index (χ2v) is 6.64. The minimum atomic E-state index is -4.32. The molecule has 0 heterocycles. The summed E-state index contributed by atoms with van der Waals surface area (Å²) in [7, 11) is 0. The van der Waals surface area contributed by atoms with Gasteiger partial charge < -0.3 is 0 Å². The van der Waals surface area contributed by atoms with Crippen molar-refractivity contribution in [1.29, 1.82) is 0 Å². The van der Waals surface area contributed by atoms with E-state index in [1.54, 1.807) is 6.07 Å². The first-order chi connectivity index (χ1) is 9.77. The van der Waals surface area contributed by atoms with Gasteiger partial charge in [-0.1, -0.05) is 29.8 Å². The molecule has 0 saturated carbocycles. The molecule has 112 valence electrons. The Bertz CT molecular complexity index is 624. The predicted molar refractivity (Wildman–Crippen MR) is 87.9 cm³/mol. The first-order valence-corrected chi connectivity index (χ1v) is 7.92. The van der Waals surface area contributed by atoms with Gasteiger partial charge in [0.1, 0.15) is 0 Å². The van der Waals surface area contributed by atoms with Crippen molar-refractivity contribution in [2.75, 3.05) is 0 Å². The van der Waals surface area contributed by atoms with Gasteiger partial charge >= 0.3 is 6.18 Å². The lowest BCUT2D eigenvalue weighted by molar-refractivity contribution is -0.137. The van der Waals surface area contributed by atoms with Gasteiger partial charge in [0, 0.05) is 3.57 Å². The molecular formula is C15H10Cl2F3I. The van der Waals surface area contributed by atoms with Crippen LogP contribution in [-0.4, -0.2) is 0 Å². The van der Waals surface area contributed by atoms with Gasteiger partial charge in [0.15, 0.2) is 0 Å². The van der Waals surface area contributed by atoms with Gasteiger partial charge in [0.2, 0.25) is 0 Å². The lowest BCUT2D eigenvalue weighted by Gasteiger charge is -2.12. The van der Waals surface area contributed by atoms with E-state index < -0.39 is 11.7 Å². The third-order valence-electron chi connectivity index (χ3n) is 3.00. The lowest BCUT2D eigenvalue weighted by atomic mass is 10.0. The molecule has 0 amide bonds. The highest BCUT2D eigenvalue weighted by molar-refractivity contribution is 14.1. The van der Waals surface area contributed by atoms with Crippen molar-refractivity contribution >= 4 is 45.8 Å². The molecule has 2 rings (SSSR count). The summed E-state index contributed by atoms with van der Waals surface area (Å²) < 4.78 is 38.4. The molecule has 0 nitrogen and oxygen atoms in total. The van der Waals surface area contributed by atoms with Crippen molar-refractivity contribution < 1.29 is 13.2 Å². The quantitative estimate of drug-likeness (QED) is 0.375. The number of hydrogen-bond acceptors (Lipinski definition) is 0. The second kappa shape index (κ2) is 6.75. The average Bonchev–Trinajstić information content (AvgIpc) is 2.41. The summed E-state index contributed by atoms with van der Waals surface area (Å²) in [5, 5.41) is 0.280. The minimum absolute atomic E-state index is 0.337. The van der Waals surface area contributed by atoms with Crippen LogP contribution in [0.2, 0.25) is 5.02 Å². The summed E-state index contributed by atoms with van der Waals surface area (Å²) in [5.74, 6) is 0. The molecule has 0 aliphatic carbocycles. The Hall–Kier alpha value is -0.460. The third-order valence-corrected chi connectivity index (χ3v) is 4.98. The standard InChI is InChI=1S/C15H10Cl2F3I/c16-12(10-3-6-14(21)13(17)8-10)7-9-1-4-11(5-2-9)15(18,19)20/h1-6,8,12H,7H2. The Balaban J connectivity index is 2.12. The molecule has 0 aliphatic heterocycles. The maximum absolute atomic E-state index is 12.5. The van der Waals surface area contributed by atoms with Crippen molar-refractivity contribution in [2.24, 2.45) is 0 Å². The maximum Gasteiger partial charge on any atom is 0.416 e.